The fraction of sp³-hybridized carbons (Fsp3) is 0.286. The molecule has 1 amide bonds. The Morgan fingerprint density at radius 3 is 2.85 bits per heavy atom. The van der Waals surface area contributed by atoms with E-state index < -0.39 is 11.7 Å². The van der Waals surface area contributed by atoms with Crippen LogP contribution < -0.4 is 5.32 Å². The molecule has 1 N–H and O–H groups in total. The summed E-state index contributed by atoms with van der Waals surface area (Å²) in [6, 6.07) is 5.99. The van der Waals surface area contributed by atoms with Crippen molar-refractivity contribution in [1.29, 1.82) is 0 Å². The van der Waals surface area contributed by atoms with Crippen LogP contribution in [-0.4, -0.2) is 11.1 Å². The van der Waals surface area contributed by atoms with Crippen LogP contribution in [0.3, 0.4) is 0 Å². The van der Waals surface area contributed by atoms with Crippen LogP contribution in [0.5, 0.6) is 0 Å². The van der Waals surface area contributed by atoms with Gasteiger partial charge in [0, 0.05) is 10.5 Å². The molecule has 20 heavy (non-hydrogen) atoms. The second-order valence-corrected chi connectivity index (χ2v) is 5.60. The van der Waals surface area contributed by atoms with Crippen molar-refractivity contribution in [3.05, 3.63) is 51.6 Å². The normalized spacial score (nSPS) is 10.8. The summed E-state index contributed by atoms with van der Waals surface area (Å²) in [6.07, 6.45) is 0. The first-order valence-corrected chi connectivity index (χ1v) is 6.95. The van der Waals surface area contributed by atoms with Crippen LogP contribution in [0.2, 0.25) is 0 Å². The Balaban J connectivity index is 2.02. The number of carbonyl (C=O) groups is 1. The molecule has 0 aliphatic heterocycles. The number of nitrogens with one attached hydrogen (secondary N) is 1. The number of rotatable bonds is 4. The van der Waals surface area contributed by atoms with Gasteiger partial charge < -0.3 is 9.84 Å². The maximum atomic E-state index is 13.5. The largest absolute Gasteiger partial charge is 0.359 e. The Labute approximate surface area is 124 Å². The van der Waals surface area contributed by atoms with Crippen LogP contribution in [0.4, 0.5) is 4.39 Å². The smallest absolute Gasteiger partial charge is 0.254 e. The highest BCUT2D eigenvalue weighted by Gasteiger charge is 2.13. The van der Waals surface area contributed by atoms with Gasteiger partial charge in [-0.05, 0) is 24.1 Å². The first-order valence-electron chi connectivity index (χ1n) is 6.16. The number of nitrogens with zero attached hydrogens (tertiary/aromatic N) is 1. The Morgan fingerprint density at radius 1 is 1.45 bits per heavy atom. The number of benzene rings is 1. The molecule has 0 aliphatic rings. The molecule has 0 unspecified atom stereocenters. The van der Waals surface area contributed by atoms with E-state index in [9.17, 15) is 9.18 Å². The Kier molecular flexibility index (Phi) is 4.54. The summed E-state index contributed by atoms with van der Waals surface area (Å²) in [5.74, 6) is -0.263. The van der Waals surface area contributed by atoms with Crippen molar-refractivity contribution in [2.45, 2.75) is 26.3 Å². The van der Waals surface area contributed by atoms with Crippen LogP contribution in [0.15, 0.2) is 33.3 Å². The average molecular weight is 341 g/mol. The SMILES string of the molecule is CC(C)c1cc(CNC(=O)c2cc(Br)ccc2F)on1. The third kappa shape index (κ3) is 3.45. The van der Waals surface area contributed by atoms with Crippen molar-refractivity contribution < 1.29 is 13.7 Å². The van der Waals surface area contributed by atoms with E-state index in [-0.39, 0.29) is 18.0 Å². The number of amides is 1. The van der Waals surface area contributed by atoms with Gasteiger partial charge in [0.15, 0.2) is 5.76 Å². The summed E-state index contributed by atoms with van der Waals surface area (Å²) in [4.78, 5) is 11.9. The standard InChI is InChI=1S/C14H14BrFN2O2/c1-8(2)13-6-10(20-18-13)7-17-14(19)11-5-9(15)3-4-12(11)16/h3-6,8H,7H2,1-2H3,(H,17,19). The van der Waals surface area contributed by atoms with Gasteiger partial charge in [0.2, 0.25) is 0 Å². The molecule has 2 aromatic rings. The molecule has 1 aromatic heterocycles. The lowest BCUT2D eigenvalue weighted by atomic mass is 10.1. The average Bonchev–Trinajstić information content (AvgIpc) is 2.88. The number of halogens is 2. The lowest BCUT2D eigenvalue weighted by Gasteiger charge is -2.04. The minimum atomic E-state index is -0.564. The van der Waals surface area contributed by atoms with Crippen molar-refractivity contribution in [1.82, 2.24) is 10.5 Å². The van der Waals surface area contributed by atoms with Crippen LogP contribution in [0.1, 0.15) is 41.6 Å². The molecular formula is C14H14BrFN2O2. The minimum absolute atomic E-state index is 0.0111. The Bertz CT molecular complexity index is 625. The first kappa shape index (κ1) is 14.7. The highest BCUT2D eigenvalue weighted by molar-refractivity contribution is 9.10. The fourth-order valence-corrected chi connectivity index (χ4v) is 1.98. The Hall–Kier alpha value is -1.69. The number of hydrogen-bond acceptors (Lipinski definition) is 3. The van der Waals surface area contributed by atoms with Crippen molar-refractivity contribution in [3.8, 4) is 0 Å². The monoisotopic (exact) mass is 340 g/mol. The third-order valence-corrected chi connectivity index (χ3v) is 3.26. The molecular weight excluding hydrogens is 327 g/mol. The van der Waals surface area contributed by atoms with Crippen LogP contribution in [-0.2, 0) is 6.54 Å². The fourth-order valence-electron chi connectivity index (χ4n) is 1.62. The highest BCUT2D eigenvalue weighted by Crippen LogP contribution is 2.16. The van der Waals surface area contributed by atoms with Crippen LogP contribution in [0, 0.1) is 5.82 Å². The van der Waals surface area contributed by atoms with Gasteiger partial charge in [0.05, 0.1) is 17.8 Å². The zero-order valence-corrected chi connectivity index (χ0v) is 12.7. The molecule has 6 heteroatoms. The first-order chi connectivity index (χ1) is 9.47. The molecule has 4 nitrogen and oxygen atoms in total. The lowest BCUT2D eigenvalue weighted by molar-refractivity contribution is 0.0943. The molecule has 2 rings (SSSR count). The zero-order chi connectivity index (χ0) is 14.7. The topological polar surface area (TPSA) is 55.1 Å². The molecule has 0 spiro atoms. The van der Waals surface area contributed by atoms with Crippen molar-refractivity contribution in [3.63, 3.8) is 0 Å². The van der Waals surface area contributed by atoms with Gasteiger partial charge in [-0.3, -0.25) is 4.79 Å². The van der Waals surface area contributed by atoms with Gasteiger partial charge in [0.25, 0.3) is 5.91 Å². The number of hydrogen-bond donors (Lipinski definition) is 1. The molecule has 0 bridgehead atoms. The second kappa shape index (κ2) is 6.17. The van der Waals surface area contributed by atoms with Gasteiger partial charge in [-0.1, -0.05) is 34.9 Å². The van der Waals surface area contributed by atoms with Gasteiger partial charge in [-0.2, -0.15) is 0 Å². The maximum absolute atomic E-state index is 13.5. The van der Waals surface area contributed by atoms with Gasteiger partial charge in [-0.25, -0.2) is 4.39 Å². The molecule has 0 aliphatic carbocycles. The van der Waals surface area contributed by atoms with E-state index in [0.29, 0.717) is 10.2 Å². The van der Waals surface area contributed by atoms with Crippen molar-refractivity contribution in [2.24, 2.45) is 0 Å². The summed E-state index contributed by atoms with van der Waals surface area (Å²) in [5, 5.41) is 6.49. The van der Waals surface area contributed by atoms with E-state index in [2.05, 4.69) is 26.4 Å². The third-order valence-electron chi connectivity index (χ3n) is 2.76. The predicted octanol–water partition coefficient (Wildman–Crippen LogP) is 3.63. The van der Waals surface area contributed by atoms with Crippen LogP contribution >= 0.6 is 15.9 Å². The molecule has 0 saturated carbocycles. The second-order valence-electron chi connectivity index (χ2n) is 4.68. The summed E-state index contributed by atoms with van der Waals surface area (Å²) in [5.41, 5.74) is 0.811. The zero-order valence-electron chi connectivity index (χ0n) is 11.1. The maximum Gasteiger partial charge on any atom is 0.254 e. The summed E-state index contributed by atoms with van der Waals surface area (Å²) >= 11 is 3.20. The van der Waals surface area contributed by atoms with Crippen LogP contribution in [0.25, 0.3) is 0 Å². The van der Waals surface area contributed by atoms with E-state index in [0.717, 1.165) is 5.69 Å². The molecule has 1 aromatic carbocycles. The van der Waals surface area contributed by atoms with E-state index in [1.807, 2.05) is 13.8 Å². The Morgan fingerprint density at radius 2 is 2.20 bits per heavy atom. The molecule has 0 fully saturated rings. The van der Waals surface area contributed by atoms with E-state index in [4.69, 9.17) is 4.52 Å². The van der Waals surface area contributed by atoms with Crippen molar-refractivity contribution >= 4 is 21.8 Å². The van der Waals surface area contributed by atoms with E-state index in [1.165, 1.54) is 18.2 Å². The minimum Gasteiger partial charge on any atom is -0.359 e. The molecule has 0 atom stereocenters. The molecule has 0 radical (unpaired) electrons. The number of carbonyl (C=O) groups excluding carboxylic acids is 1. The summed E-state index contributed by atoms with van der Waals surface area (Å²) in [6.45, 7) is 4.17. The van der Waals surface area contributed by atoms with E-state index >= 15 is 0 Å². The van der Waals surface area contributed by atoms with E-state index in [1.54, 1.807) is 6.07 Å². The molecule has 0 saturated heterocycles. The van der Waals surface area contributed by atoms with Gasteiger partial charge in [0.1, 0.15) is 5.82 Å². The molecule has 1 heterocycles. The highest BCUT2D eigenvalue weighted by atomic mass is 79.9. The van der Waals surface area contributed by atoms with Gasteiger partial charge >= 0.3 is 0 Å². The summed E-state index contributed by atoms with van der Waals surface area (Å²) < 4.78 is 19.3. The lowest BCUT2D eigenvalue weighted by Crippen LogP contribution is -2.23. The predicted molar refractivity (Wildman–Crippen MR) is 75.9 cm³/mol. The van der Waals surface area contributed by atoms with Gasteiger partial charge in [-0.15, -0.1) is 0 Å². The summed E-state index contributed by atoms with van der Waals surface area (Å²) in [7, 11) is 0. The van der Waals surface area contributed by atoms with Crippen molar-refractivity contribution in [2.75, 3.05) is 0 Å². The quantitative estimate of drug-likeness (QED) is 0.924. The number of aromatic nitrogens is 1. The molecule has 106 valence electrons.